The second-order valence-electron chi connectivity index (χ2n) is 3.20. The van der Waals surface area contributed by atoms with E-state index >= 15 is 0 Å². The molecule has 6 heteroatoms. The molecule has 1 heterocycles. The molecule has 2 nitrogen and oxygen atoms in total. The number of nitrogens with zero attached hydrogens (tertiary/aromatic N) is 2. The monoisotopic (exact) mass is 414 g/mol. The van der Waals surface area contributed by atoms with E-state index < -0.39 is 0 Å². The third kappa shape index (κ3) is 2.75. The van der Waals surface area contributed by atoms with Crippen molar-refractivity contribution in [3.8, 4) is 0 Å². The van der Waals surface area contributed by atoms with Gasteiger partial charge < -0.3 is 0 Å². The molecule has 0 saturated heterocycles. The van der Waals surface area contributed by atoms with E-state index in [0.29, 0.717) is 11.6 Å². The second kappa shape index (κ2) is 5.01. The van der Waals surface area contributed by atoms with Crippen molar-refractivity contribution in [3.63, 3.8) is 0 Å². The topological polar surface area (TPSA) is 17.8 Å². The van der Waals surface area contributed by atoms with Gasteiger partial charge in [0.05, 0.1) is 11.6 Å². The lowest BCUT2D eigenvalue weighted by Gasteiger charge is -2.04. The van der Waals surface area contributed by atoms with Crippen molar-refractivity contribution in [2.24, 2.45) is 0 Å². The Labute approximate surface area is 119 Å². The Morgan fingerprint density at radius 2 is 2.25 bits per heavy atom. The van der Waals surface area contributed by atoms with E-state index in [2.05, 4.69) is 43.6 Å². The van der Waals surface area contributed by atoms with Crippen molar-refractivity contribution in [3.05, 3.63) is 49.0 Å². The predicted octanol–water partition coefficient (Wildman–Crippen LogP) is 4.09. The van der Waals surface area contributed by atoms with Crippen molar-refractivity contribution < 1.29 is 4.39 Å². The van der Waals surface area contributed by atoms with Crippen LogP contribution in [0.25, 0.3) is 0 Å². The third-order valence-corrected chi connectivity index (χ3v) is 4.15. The molecule has 1 aromatic carbocycles. The minimum absolute atomic E-state index is 0.260. The summed E-state index contributed by atoms with van der Waals surface area (Å²) in [6.07, 6.45) is 1.75. The van der Waals surface area contributed by atoms with Gasteiger partial charge in [0.2, 0.25) is 0 Å². The number of benzene rings is 1. The largest absolute Gasteiger partial charge is 0.266 e. The lowest BCUT2D eigenvalue weighted by atomic mass is 10.2. The van der Waals surface area contributed by atoms with Crippen LogP contribution < -0.4 is 0 Å². The molecule has 0 amide bonds. The van der Waals surface area contributed by atoms with E-state index in [0.717, 1.165) is 13.7 Å². The molecule has 2 rings (SSSR count). The molecule has 2 aromatic rings. The van der Waals surface area contributed by atoms with Gasteiger partial charge in [-0.1, -0.05) is 33.6 Å². The third-order valence-electron chi connectivity index (χ3n) is 2.02. The Bertz CT molecular complexity index is 510. The fourth-order valence-electron chi connectivity index (χ4n) is 1.28. The van der Waals surface area contributed by atoms with Gasteiger partial charge in [-0.3, -0.25) is 4.68 Å². The van der Waals surface area contributed by atoms with Gasteiger partial charge in [-0.15, -0.1) is 0 Å². The van der Waals surface area contributed by atoms with Crippen LogP contribution in [0, 0.1) is 9.52 Å². The molecule has 84 valence electrons. The first-order valence-electron chi connectivity index (χ1n) is 4.38. The highest BCUT2D eigenvalue weighted by atomic mass is 127. The van der Waals surface area contributed by atoms with Gasteiger partial charge in [-0.2, -0.15) is 5.10 Å². The van der Waals surface area contributed by atoms with E-state index in [-0.39, 0.29) is 5.82 Å². The van der Waals surface area contributed by atoms with Gasteiger partial charge in [-0.25, -0.2) is 4.39 Å². The van der Waals surface area contributed by atoms with Crippen LogP contribution in [-0.2, 0) is 6.54 Å². The highest BCUT2D eigenvalue weighted by Gasteiger charge is 2.06. The normalized spacial score (nSPS) is 10.8. The first-order chi connectivity index (χ1) is 7.56. The maximum Gasteiger partial charge on any atom is 0.141 e. The van der Waals surface area contributed by atoms with Crippen LogP contribution in [0.4, 0.5) is 4.39 Å². The van der Waals surface area contributed by atoms with Gasteiger partial charge in [-0.05, 0) is 40.3 Å². The molecule has 0 spiro atoms. The Balaban J connectivity index is 2.27. The summed E-state index contributed by atoms with van der Waals surface area (Å²) in [6, 6.07) is 4.59. The molecule has 0 aliphatic heterocycles. The summed E-state index contributed by atoms with van der Waals surface area (Å²) in [7, 11) is 0. The molecule has 0 N–H and O–H groups in total. The summed E-state index contributed by atoms with van der Waals surface area (Å²) in [5.74, 6) is -0.260. The first-order valence-corrected chi connectivity index (χ1v) is 6.63. The molecule has 0 fully saturated rings. The van der Waals surface area contributed by atoms with Crippen molar-refractivity contribution in [1.82, 2.24) is 9.78 Å². The number of halogens is 4. The van der Waals surface area contributed by atoms with Crippen molar-refractivity contribution >= 4 is 50.1 Å². The molecular weight excluding hydrogens is 409 g/mol. The van der Waals surface area contributed by atoms with Gasteiger partial charge in [0.15, 0.2) is 0 Å². The molecule has 0 radical (unpaired) electrons. The quantitative estimate of drug-likeness (QED) is 0.676. The highest BCUT2D eigenvalue weighted by Crippen LogP contribution is 2.21. The Morgan fingerprint density at radius 1 is 1.50 bits per heavy atom. The minimum Gasteiger partial charge on any atom is -0.266 e. The van der Waals surface area contributed by atoms with E-state index in [1.807, 2.05) is 0 Å². The van der Waals surface area contributed by atoms with Crippen LogP contribution in [0.15, 0.2) is 28.9 Å². The van der Waals surface area contributed by atoms with Gasteiger partial charge >= 0.3 is 0 Å². The molecule has 0 bridgehead atoms. The number of hydrogen-bond donors (Lipinski definition) is 0. The van der Waals surface area contributed by atoms with Gasteiger partial charge in [0.25, 0.3) is 0 Å². The standard InChI is InChI=1S/C10H6BrClFIN2/c11-8-3-7(13)2-1-6(8)4-16-5-9(12)10(14)15-16/h1-3,5H,4H2. The number of aromatic nitrogens is 2. The minimum atomic E-state index is -0.260. The lowest BCUT2D eigenvalue weighted by Crippen LogP contribution is -2.01. The van der Waals surface area contributed by atoms with Gasteiger partial charge in [0.1, 0.15) is 9.52 Å². The van der Waals surface area contributed by atoms with Crippen LogP contribution in [0.5, 0.6) is 0 Å². The summed E-state index contributed by atoms with van der Waals surface area (Å²) >= 11 is 11.3. The first kappa shape index (κ1) is 12.3. The molecule has 16 heavy (non-hydrogen) atoms. The SMILES string of the molecule is Fc1ccc(Cn2cc(Cl)c(I)n2)c(Br)c1. The average Bonchev–Trinajstić information content (AvgIpc) is 2.51. The molecule has 0 aliphatic rings. The molecule has 1 aromatic heterocycles. The lowest BCUT2D eigenvalue weighted by molar-refractivity contribution is 0.622. The summed E-state index contributed by atoms with van der Waals surface area (Å²) in [5.41, 5.74) is 0.956. The molecular formula is C10H6BrClFIN2. The van der Waals surface area contributed by atoms with Crippen LogP contribution >= 0.6 is 50.1 Å². The summed E-state index contributed by atoms with van der Waals surface area (Å²) in [4.78, 5) is 0. The van der Waals surface area contributed by atoms with E-state index in [1.165, 1.54) is 12.1 Å². The Morgan fingerprint density at radius 3 is 2.81 bits per heavy atom. The number of hydrogen-bond acceptors (Lipinski definition) is 1. The van der Waals surface area contributed by atoms with Crippen LogP contribution in [0.1, 0.15) is 5.56 Å². The molecule has 0 saturated carbocycles. The highest BCUT2D eigenvalue weighted by molar-refractivity contribution is 14.1. The van der Waals surface area contributed by atoms with Crippen LogP contribution in [0.2, 0.25) is 5.02 Å². The fourth-order valence-corrected chi connectivity index (χ4v) is 2.32. The van der Waals surface area contributed by atoms with Crippen molar-refractivity contribution in [2.45, 2.75) is 6.54 Å². The smallest absolute Gasteiger partial charge is 0.141 e. The molecule has 0 unspecified atom stereocenters. The zero-order valence-corrected chi connectivity index (χ0v) is 12.4. The Hall–Kier alpha value is -0.140. The predicted molar refractivity (Wildman–Crippen MR) is 73.2 cm³/mol. The zero-order valence-electron chi connectivity index (χ0n) is 7.92. The molecule has 0 aliphatic carbocycles. The maximum absolute atomic E-state index is 12.9. The fraction of sp³-hybridized carbons (Fsp3) is 0.100. The van der Waals surface area contributed by atoms with Crippen molar-refractivity contribution in [1.29, 1.82) is 0 Å². The van der Waals surface area contributed by atoms with E-state index in [4.69, 9.17) is 11.6 Å². The summed E-state index contributed by atoms with van der Waals surface area (Å²) in [6.45, 7) is 0.559. The van der Waals surface area contributed by atoms with Crippen LogP contribution in [-0.4, -0.2) is 9.78 Å². The maximum atomic E-state index is 12.9. The summed E-state index contributed by atoms with van der Waals surface area (Å²) < 4.78 is 16.1. The van der Waals surface area contributed by atoms with Gasteiger partial charge in [0, 0.05) is 10.7 Å². The Kier molecular flexibility index (Phi) is 3.86. The summed E-state index contributed by atoms with van der Waals surface area (Å²) in [5, 5.41) is 4.85. The zero-order chi connectivity index (χ0) is 11.7. The second-order valence-corrected chi connectivity index (χ2v) is 5.48. The number of rotatable bonds is 2. The molecule has 0 atom stereocenters. The van der Waals surface area contributed by atoms with E-state index in [9.17, 15) is 4.39 Å². The average molecular weight is 415 g/mol. The van der Waals surface area contributed by atoms with Crippen LogP contribution in [0.3, 0.4) is 0 Å². The van der Waals surface area contributed by atoms with E-state index in [1.54, 1.807) is 16.9 Å². The van der Waals surface area contributed by atoms with Crippen molar-refractivity contribution in [2.75, 3.05) is 0 Å².